The maximum atomic E-state index is 12.5. The Bertz CT molecular complexity index is 504. The lowest BCUT2D eigenvalue weighted by Gasteiger charge is -2.14. The summed E-state index contributed by atoms with van der Waals surface area (Å²) in [5, 5.41) is 11.4. The number of ether oxygens (including phenoxy) is 1. The van der Waals surface area contributed by atoms with E-state index in [9.17, 15) is 9.18 Å². The van der Waals surface area contributed by atoms with Crippen LogP contribution in [0, 0.1) is 0 Å². The number of hydrogen-bond acceptors (Lipinski definition) is 5. The van der Waals surface area contributed by atoms with E-state index < -0.39 is 11.7 Å². The van der Waals surface area contributed by atoms with Gasteiger partial charge in [-0.25, -0.2) is 4.39 Å². The highest BCUT2D eigenvalue weighted by molar-refractivity contribution is 7.15. The number of carbonyl (C=O) groups is 1. The SMILES string of the molecule is C=C(F)C(=O)Nc1nnc(C2CC3CCC2O3)s1. The van der Waals surface area contributed by atoms with E-state index >= 15 is 0 Å². The summed E-state index contributed by atoms with van der Waals surface area (Å²) < 4.78 is 18.3. The maximum Gasteiger partial charge on any atom is 0.285 e. The fourth-order valence-electron chi connectivity index (χ4n) is 2.50. The first-order valence-electron chi connectivity index (χ1n) is 5.78. The fraction of sp³-hybridized carbons (Fsp3) is 0.545. The van der Waals surface area contributed by atoms with Crippen LogP contribution in [-0.4, -0.2) is 28.3 Å². The lowest BCUT2D eigenvalue weighted by Crippen LogP contribution is -2.13. The lowest BCUT2D eigenvalue weighted by molar-refractivity contribution is -0.114. The molecule has 2 aliphatic heterocycles. The molecule has 96 valence electrons. The summed E-state index contributed by atoms with van der Waals surface area (Å²) in [5.74, 6) is -1.64. The van der Waals surface area contributed by atoms with E-state index in [4.69, 9.17) is 4.74 Å². The molecule has 2 aliphatic rings. The molecule has 2 saturated heterocycles. The van der Waals surface area contributed by atoms with Crippen LogP contribution in [0.5, 0.6) is 0 Å². The Morgan fingerprint density at radius 1 is 1.50 bits per heavy atom. The molecule has 1 aromatic rings. The quantitative estimate of drug-likeness (QED) is 0.852. The second-order valence-electron chi connectivity index (χ2n) is 4.52. The third kappa shape index (κ3) is 2.04. The summed E-state index contributed by atoms with van der Waals surface area (Å²) in [7, 11) is 0. The van der Waals surface area contributed by atoms with Gasteiger partial charge in [-0.2, -0.15) is 0 Å². The number of nitrogens with one attached hydrogen (secondary N) is 1. The molecule has 0 radical (unpaired) electrons. The summed E-state index contributed by atoms with van der Waals surface area (Å²) in [5.41, 5.74) is 0. The fourth-order valence-corrected chi connectivity index (χ4v) is 3.40. The van der Waals surface area contributed by atoms with Gasteiger partial charge in [0.1, 0.15) is 5.01 Å². The van der Waals surface area contributed by atoms with Crippen LogP contribution in [0.15, 0.2) is 12.4 Å². The number of nitrogens with zero attached hydrogens (tertiary/aromatic N) is 2. The Morgan fingerprint density at radius 2 is 2.33 bits per heavy atom. The van der Waals surface area contributed by atoms with E-state index in [1.165, 1.54) is 11.3 Å². The Labute approximate surface area is 107 Å². The maximum absolute atomic E-state index is 12.5. The zero-order valence-corrected chi connectivity index (χ0v) is 10.4. The van der Waals surface area contributed by atoms with Crippen LogP contribution in [0.1, 0.15) is 30.2 Å². The van der Waals surface area contributed by atoms with Crippen molar-refractivity contribution in [3.8, 4) is 0 Å². The first kappa shape index (κ1) is 11.7. The van der Waals surface area contributed by atoms with E-state index in [2.05, 4.69) is 22.1 Å². The number of carbonyl (C=O) groups excluding carboxylic acids is 1. The Kier molecular flexibility index (Phi) is 2.87. The second-order valence-corrected chi connectivity index (χ2v) is 5.53. The molecular formula is C11H12FN3O2S. The molecule has 0 saturated carbocycles. The van der Waals surface area contributed by atoms with Gasteiger partial charge in [0.25, 0.3) is 5.91 Å². The minimum Gasteiger partial charge on any atom is -0.374 e. The van der Waals surface area contributed by atoms with Crippen LogP contribution in [0.2, 0.25) is 0 Å². The van der Waals surface area contributed by atoms with Crippen LogP contribution >= 0.6 is 11.3 Å². The van der Waals surface area contributed by atoms with Crippen molar-refractivity contribution in [3.63, 3.8) is 0 Å². The number of rotatable bonds is 3. The smallest absolute Gasteiger partial charge is 0.285 e. The van der Waals surface area contributed by atoms with Gasteiger partial charge in [-0.3, -0.25) is 10.1 Å². The van der Waals surface area contributed by atoms with Crippen molar-refractivity contribution in [1.82, 2.24) is 10.2 Å². The van der Waals surface area contributed by atoms with Gasteiger partial charge in [-0.05, 0) is 19.3 Å². The van der Waals surface area contributed by atoms with Crippen molar-refractivity contribution >= 4 is 22.4 Å². The van der Waals surface area contributed by atoms with E-state index in [1.54, 1.807) is 0 Å². The number of fused-ring (bicyclic) bond motifs is 2. The Morgan fingerprint density at radius 3 is 2.94 bits per heavy atom. The van der Waals surface area contributed by atoms with Crippen molar-refractivity contribution in [1.29, 1.82) is 0 Å². The van der Waals surface area contributed by atoms with Gasteiger partial charge in [-0.15, -0.1) is 10.2 Å². The number of amides is 1. The summed E-state index contributed by atoms with van der Waals surface area (Å²) in [6, 6.07) is 0. The van der Waals surface area contributed by atoms with Gasteiger partial charge >= 0.3 is 0 Å². The molecule has 0 spiro atoms. The number of hydrogen-bond donors (Lipinski definition) is 1. The van der Waals surface area contributed by atoms with Crippen molar-refractivity contribution in [2.45, 2.75) is 37.4 Å². The van der Waals surface area contributed by atoms with Gasteiger partial charge in [0.2, 0.25) is 5.13 Å². The van der Waals surface area contributed by atoms with Crippen LogP contribution < -0.4 is 5.32 Å². The van der Waals surface area contributed by atoms with Gasteiger partial charge in [0.05, 0.1) is 12.2 Å². The highest BCUT2D eigenvalue weighted by Gasteiger charge is 2.43. The predicted molar refractivity (Wildman–Crippen MR) is 64.0 cm³/mol. The van der Waals surface area contributed by atoms with Crippen molar-refractivity contribution in [2.24, 2.45) is 0 Å². The van der Waals surface area contributed by atoms with Crippen LogP contribution in [0.25, 0.3) is 0 Å². The lowest BCUT2D eigenvalue weighted by atomic mass is 9.90. The Hall–Kier alpha value is -1.34. The molecule has 1 aromatic heterocycles. The first-order chi connectivity index (χ1) is 8.63. The summed E-state index contributed by atoms with van der Waals surface area (Å²) in [6.07, 6.45) is 3.70. The number of aromatic nitrogens is 2. The highest BCUT2D eigenvalue weighted by Crippen LogP contribution is 2.45. The van der Waals surface area contributed by atoms with E-state index in [1.807, 2.05) is 0 Å². The first-order valence-corrected chi connectivity index (χ1v) is 6.60. The molecule has 1 N–H and O–H groups in total. The summed E-state index contributed by atoms with van der Waals surface area (Å²) in [4.78, 5) is 11.1. The third-order valence-corrected chi connectivity index (χ3v) is 4.30. The molecule has 0 aromatic carbocycles. The molecule has 18 heavy (non-hydrogen) atoms. The molecule has 3 atom stereocenters. The average molecular weight is 269 g/mol. The highest BCUT2D eigenvalue weighted by atomic mass is 32.1. The second kappa shape index (κ2) is 4.40. The van der Waals surface area contributed by atoms with Gasteiger partial charge in [0.15, 0.2) is 5.83 Å². The van der Waals surface area contributed by atoms with E-state index in [0.29, 0.717) is 11.2 Å². The van der Waals surface area contributed by atoms with E-state index in [-0.39, 0.29) is 12.0 Å². The van der Waals surface area contributed by atoms with Crippen LogP contribution in [0.4, 0.5) is 9.52 Å². The molecule has 7 heteroatoms. The van der Waals surface area contributed by atoms with Crippen LogP contribution in [-0.2, 0) is 9.53 Å². The van der Waals surface area contributed by atoms with Crippen molar-refractivity contribution in [2.75, 3.05) is 5.32 Å². The number of halogens is 1. The molecule has 2 bridgehead atoms. The minimum atomic E-state index is -1.03. The van der Waals surface area contributed by atoms with Crippen molar-refractivity contribution < 1.29 is 13.9 Å². The monoisotopic (exact) mass is 269 g/mol. The molecule has 5 nitrogen and oxygen atoms in total. The standard InChI is InChI=1S/C11H12FN3O2S/c1-5(12)9(16)13-11-15-14-10(18-11)7-4-6-2-3-8(7)17-6/h6-8H,1-4H2,(H,13,15,16). The third-order valence-electron chi connectivity index (χ3n) is 3.33. The van der Waals surface area contributed by atoms with Gasteiger partial charge < -0.3 is 4.74 Å². The normalized spacial score (nSPS) is 29.5. The van der Waals surface area contributed by atoms with Gasteiger partial charge in [0, 0.05) is 5.92 Å². The Balaban J connectivity index is 1.70. The molecule has 0 aliphatic carbocycles. The summed E-state index contributed by atoms with van der Waals surface area (Å²) >= 11 is 1.27. The molecule has 3 rings (SSSR count). The molecule has 2 fully saturated rings. The minimum absolute atomic E-state index is 0.225. The van der Waals surface area contributed by atoms with Crippen molar-refractivity contribution in [3.05, 3.63) is 17.4 Å². The zero-order chi connectivity index (χ0) is 12.7. The largest absolute Gasteiger partial charge is 0.374 e. The topological polar surface area (TPSA) is 64.1 Å². The number of anilines is 1. The molecule has 3 heterocycles. The predicted octanol–water partition coefficient (Wildman–Crippen LogP) is 1.99. The van der Waals surface area contributed by atoms with Crippen LogP contribution in [0.3, 0.4) is 0 Å². The van der Waals surface area contributed by atoms with E-state index in [0.717, 1.165) is 24.3 Å². The van der Waals surface area contributed by atoms with Gasteiger partial charge in [-0.1, -0.05) is 17.9 Å². The molecule has 3 unspecified atom stereocenters. The zero-order valence-electron chi connectivity index (χ0n) is 9.56. The molecule has 1 amide bonds. The average Bonchev–Trinajstić information content (AvgIpc) is 3.03. The summed E-state index contributed by atoms with van der Waals surface area (Å²) in [6.45, 7) is 2.92. The molecular weight excluding hydrogens is 257 g/mol.